The van der Waals surface area contributed by atoms with Gasteiger partial charge in [0, 0.05) is 24.2 Å². The zero-order valence-corrected chi connectivity index (χ0v) is 15.5. The predicted molar refractivity (Wildman–Crippen MR) is 107 cm³/mol. The van der Waals surface area contributed by atoms with Crippen molar-refractivity contribution in [3.63, 3.8) is 0 Å². The Bertz CT molecular complexity index is 860. The largest absolute Gasteiger partial charge is 0.460 e. The molecule has 28 heavy (non-hydrogen) atoms. The van der Waals surface area contributed by atoms with Crippen LogP contribution in [0.5, 0.6) is 0 Å². The first-order valence-electron chi connectivity index (χ1n) is 9.19. The van der Waals surface area contributed by atoms with Gasteiger partial charge in [0.05, 0.1) is 0 Å². The smallest absolute Gasteiger partial charge is 0.325 e. The lowest BCUT2D eigenvalue weighted by molar-refractivity contribution is -0.141. The van der Waals surface area contributed by atoms with Crippen molar-refractivity contribution in [2.75, 3.05) is 24.6 Å². The van der Waals surface area contributed by atoms with Gasteiger partial charge >= 0.3 is 5.97 Å². The minimum absolute atomic E-state index is 0.0984. The third kappa shape index (κ3) is 5.30. The Morgan fingerprint density at radius 2 is 1.82 bits per heavy atom. The van der Waals surface area contributed by atoms with E-state index >= 15 is 0 Å². The van der Waals surface area contributed by atoms with E-state index in [2.05, 4.69) is 5.32 Å². The van der Waals surface area contributed by atoms with Crippen LogP contribution in [0.25, 0.3) is 6.08 Å². The Labute approximate surface area is 163 Å². The summed E-state index contributed by atoms with van der Waals surface area (Å²) in [5.41, 5.74) is 2.22. The summed E-state index contributed by atoms with van der Waals surface area (Å²) in [4.78, 5) is 37.3. The predicted octanol–water partition coefficient (Wildman–Crippen LogP) is 2.80. The molecule has 144 valence electrons. The fourth-order valence-electron chi connectivity index (χ4n) is 2.91. The molecule has 2 aromatic rings. The highest BCUT2D eigenvalue weighted by Gasteiger charge is 2.21. The average Bonchev–Trinajstić information content (AvgIpc) is 3.16. The molecule has 0 unspecified atom stereocenters. The third-order valence-electron chi connectivity index (χ3n) is 4.36. The second-order valence-corrected chi connectivity index (χ2v) is 6.37. The normalized spacial score (nSPS) is 13.7. The minimum Gasteiger partial charge on any atom is -0.460 e. The zero-order chi connectivity index (χ0) is 19.8. The average molecular weight is 378 g/mol. The van der Waals surface area contributed by atoms with Gasteiger partial charge in [-0.1, -0.05) is 36.4 Å². The zero-order valence-electron chi connectivity index (χ0n) is 15.5. The van der Waals surface area contributed by atoms with Gasteiger partial charge in [-0.05, 0) is 42.3 Å². The number of esters is 1. The molecular weight excluding hydrogens is 356 g/mol. The van der Waals surface area contributed by atoms with Gasteiger partial charge in [0.25, 0.3) is 5.91 Å². The van der Waals surface area contributed by atoms with Crippen LogP contribution in [0.3, 0.4) is 0 Å². The molecule has 2 aromatic carbocycles. The number of hydrogen-bond acceptors (Lipinski definition) is 4. The van der Waals surface area contributed by atoms with Crippen LogP contribution in [0.2, 0.25) is 0 Å². The van der Waals surface area contributed by atoms with E-state index in [1.807, 2.05) is 36.4 Å². The topological polar surface area (TPSA) is 75.7 Å². The highest BCUT2D eigenvalue weighted by atomic mass is 16.5. The summed E-state index contributed by atoms with van der Waals surface area (Å²) in [6.07, 6.45) is 5.01. The molecule has 3 rings (SSSR count). The van der Waals surface area contributed by atoms with Gasteiger partial charge in [-0.2, -0.15) is 0 Å². The van der Waals surface area contributed by atoms with E-state index < -0.39 is 5.97 Å². The molecule has 0 radical (unpaired) electrons. The summed E-state index contributed by atoms with van der Waals surface area (Å²) in [5.74, 6) is -0.775. The molecule has 1 N–H and O–H groups in total. The molecule has 6 heteroatoms. The van der Waals surface area contributed by atoms with E-state index in [4.69, 9.17) is 4.74 Å². The van der Waals surface area contributed by atoms with Gasteiger partial charge in [-0.3, -0.25) is 14.4 Å². The summed E-state index contributed by atoms with van der Waals surface area (Å²) >= 11 is 0. The number of ether oxygens (including phenoxy) is 1. The van der Waals surface area contributed by atoms with E-state index in [1.54, 1.807) is 35.2 Å². The lowest BCUT2D eigenvalue weighted by atomic mass is 10.2. The van der Waals surface area contributed by atoms with Crippen molar-refractivity contribution in [2.45, 2.75) is 12.8 Å². The maximum Gasteiger partial charge on any atom is 0.325 e. The van der Waals surface area contributed by atoms with Crippen LogP contribution in [0.1, 0.15) is 28.8 Å². The molecule has 0 saturated carbocycles. The maximum absolute atomic E-state index is 12.1. The third-order valence-corrected chi connectivity index (χ3v) is 4.36. The van der Waals surface area contributed by atoms with Crippen LogP contribution in [-0.2, 0) is 14.3 Å². The van der Waals surface area contributed by atoms with Crippen LogP contribution in [0, 0.1) is 0 Å². The fourth-order valence-corrected chi connectivity index (χ4v) is 2.91. The van der Waals surface area contributed by atoms with Crippen molar-refractivity contribution < 1.29 is 19.1 Å². The summed E-state index contributed by atoms with van der Waals surface area (Å²) in [6, 6.07) is 16.4. The SMILES string of the molecule is O=C(CNC(=O)c1ccc(N2CCCC2=O)cc1)OC/C=C/c1ccccc1. The fraction of sp³-hybridized carbons (Fsp3) is 0.227. The summed E-state index contributed by atoms with van der Waals surface area (Å²) < 4.78 is 5.06. The first-order chi connectivity index (χ1) is 13.6. The molecule has 0 spiro atoms. The quantitative estimate of drug-likeness (QED) is 0.752. The van der Waals surface area contributed by atoms with Crippen molar-refractivity contribution in [1.29, 1.82) is 0 Å². The number of carbonyl (C=O) groups is 3. The van der Waals surface area contributed by atoms with Gasteiger partial charge in [0.2, 0.25) is 5.91 Å². The molecule has 1 aliphatic heterocycles. The Morgan fingerprint density at radius 1 is 1.07 bits per heavy atom. The van der Waals surface area contributed by atoms with Crippen molar-refractivity contribution in [3.05, 3.63) is 71.8 Å². The minimum atomic E-state index is -0.509. The number of carbonyl (C=O) groups excluding carboxylic acids is 3. The van der Waals surface area contributed by atoms with Crippen LogP contribution in [0.4, 0.5) is 5.69 Å². The Balaban J connectivity index is 1.41. The number of benzene rings is 2. The Hall–Kier alpha value is -3.41. The second-order valence-electron chi connectivity index (χ2n) is 6.37. The van der Waals surface area contributed by atoms with Crippen LogP contribution >= 0.6 is 0 Å². The van der Waals surface area contributed by atoms with E-state index in [0.29, 0.717) is 18.5 Å². The van der Waals surface area contributed by atoms with E-state index in [9.17, 15) is 14.4 Å². The number of hydrogen-bond donors (Lipinski definition) is 1. The van der Waals surface area contributed by atoms with Crippen LogP contribution in [-0.4, -0.2) is 37.5 Å². The summed E-state index contributed by atoms with van der Waals surface area (Å²) in [6.45, 7) is 0.640. The molecule has 6 nitrogen and oxygen atoms in total. The molecule has 0 bridgehead atoms. The van der Waals surface area contributed by atoms with Gasteiger partial charge < -0.3 is 15.0 Å². The van der Waals surface area contributed by atoms with E-state index in [0.717, 1.165) is 17.7 Å². The maximum atomic E-state index is 12.1. The van der Waals surface area contributed by atoms with Crippen LogP contribution < -0.4 is 10.2 Å². The standard InChI is InChI=1S/C22H22N2O4/c25-20-9-4-14-24(20)19-12-10-18(11-13-19)22(27)23-16-21(26)28-15-5-8-17-6-2-1-3-7-17/h1-3,5-8,10-13H,4,9,14-16H2,(H,23,27)/b8-5+. The van der Waals surface area contributed by atoms with Crippen molar-refractivity contribution >= 4 is 29.5 Å². The summed E-state index contributed by atoms with van der Waals surface area (Å²) in [5, 5.41) is 2.54. The highest BCUT2D eigenvalue weighted by molar-refractivity contribution is 5.98. The van der Waals surface area contributed by atoms with Gasteiger partial charge in [-0.25, -0.2) is 0 Å². The van der Waals surface area contributed by atoms with Gasteiger partial charge in [0.15, 0.2) is 0 Å². The van der Waals surface area contributed by atoms with Gasteiger partial charge in [-0.15, -0.1) is 0 Å². The summed E-state index contributed by atoms with van der Waals surface area (Å²) in [7, 11) is 0. The number of amides is 2. The molecule has 1 fully saturated rings. The lowest BCUT2D eigenvalue weighted by Gasteiger charge is -2.15. The first-order valence-corrected chi connectivity index (χ1v) is 9.19. The Morgan fingerprint density at radius 3 is 2.50 bits per heavy atom. The first kappa shape index (κ1) is 19.4. The van der Waals surface area contributed by atoms with E-state index in [1.165, 1.54) is 0 Å². The monoisotopic (exact) mass is 378 g/mol. The molecule has 1 heterocycles. The van der Waals surface area contributed by atoms with Gasteiger partial charge in [0.1, 0.15) is 13.2 Å². The second kappa shape index (κ2) is 9.50. The molecular formula is C22H22N2O4. The van der Waals surface area contributed by atoms with Crippen molar-refractivity contribution in [3.8, 4) is 0 Å². The molecule has 0 atom stereocenters. The number of nitrogens with one attached hydrogen (secondary N) is 1. The molecule has 1 aliphatic rings. The number of rotatable bonds is 7. The molecule has 1 saturated heterocycles. The highest BCUT2D eigenvalue weighted by Crippen LogP contribution is 2.21. The lowest BCUT2D eigenvalue weighted by Crippen LogP contribution is -2.30. The van der Waals surface area contributed by atoms with Crippen LogP contribution in [0.15, 0.2) is 60.7 Å². The molecule has 0 aromatic heterocycles. The number of anilines is 1. The van der Waals surface area contributed by atoms with Crippen molar-refractivity contribution in [2.24, 2.45) is 0 Å². The Kier molecular flexibility index (Phi) is 6.57. The molecule has 2 amide bonds. The van der Waals surface area contributed by atoms with Crippen molar-refractivity contribution in [1.82, 2.24) is 5.32 Å². The van der Waals surface area contributed by atoms with E-state index in [-0.39, 0.29) is 25.0 Å². The number of nitrogens with zero attached hydrogens (tertiary/aromatic N) is 1. The molecule has 0 aliphatic carbocycles.